The van der Waals surface area contributed by atoms with E-state index in [4.69, 9.17) is 16.9 Å². The molecular weight excluding hydrogens is 476 g/mol. The molecule has 1 aliphatic rings. The van der Waals surface area contributed by atoms with Crippen molar-refractivity contribution in [2.45, 2.75) is 12.6 Å². The number of aromatic nitrogens is 2. The number of rotatable bonds is 5. The molecule has 1 atom stereocenters. The molecule has 2 aromatic heterocycles. The summed E-state index contributed by atoms with van der Waals surface area (Å²) in [5, 5.41) is 41.8. The summed E-state index contributed by atoms with van der Waals surface area (Å²) in [6, 6.07) is 9.40. The number of aliphatic hydroxyl groups is 1. The van der Waals surface area contributed by atoms with E-state index < -0.39 is 18.0 Å². The normalized spacial score (nSPS) is 15.6. The topological polar surface area (TPSA) is 163 Å². The molecule has 4 N–H and O–H groups in total. The molecule has 35 heavy (non-hydrogen) atoms. The zero-order valence-corrected chi connectivity index (χ0v) is 19.1. The Labute approximate surface area is 204 Å². The van der Waals surface area contributed by atoms with Crippen LogP contribution in [0.3, 0.4) is 0 Å². The maximum atomic E-state index is 12.7. The second kappa shape index (κ2) is 10.0. The van der Waals surface area contributed by atoms with Crippen molar-refractivity contribution in [2.24, 2.45) is 0 Å². The Balaban J connectivity index is 1.51. The number of aliphatic hydroxyl groups excluding tert-OH is 1. The first-order valence-corrected chi connectivity index (χ1v) is 11.0. The van der Waals surface area contributed by atoms with Gasteiger partial charge in [0.05, 0.1) is 36.0 Å². The summed E-state index contributed by atoms with van der Waals surface area (Å²) in [7, 11) is 0. The van der Waals surface area contributed by atoms with E-state index in [1.54, 1.807) is 24.3 Å². The number of carbonyl (C=O) groups is 2. The van der Waals surface area contributed by atoms with E-state index >= 15 is 0 Å². The molecule has 1 aromatic carbocycles. The molecule has 1 saturated heterocycles. The highest BCUT2D eigenvalue weighted by Gasteiger charge is 2.30. The molecule has 12 heteroatoms. The van der Waals surface area contributed by atoms with Crippen LogP contribution < -0.4 is 10.2 Å². The summed E-state index contributed by atoms with van der Waals surface area (Å²) in [5.74, 6) is -0.395. The average molecular weight is 497 g/mol. The zero-order valence-electron chi connectivity index (χ0n) is 18.3. The number of anilines is 1. The van der Waals surface area contributed by atoms with Crippen molar-refractivity contribution in [1.29, 1.82) is 5.26 Å². The Morgan fingerprint density at radius 1 is 1.26 bits per heavy atom. The fourth-order valence-corrected chi connectivity index (χ4v) is 4.16. The summed E-state index contributed by atoms with van der Waals surface area (Å²) < 4.78 is 0. The lowest BCUT2D eigenvalue weighted by Crippen LogP contribution is -2.56. The highest BCUT2D eigenvalue weighted by atomic mass is 35.5. The standard InChI is InChI=1S/C23H21ClN6O5/c24-17-7-13(8-25)1-2-14(17)9-27-22(33)20-21(32)16-3-4-19(28-18(16)10-26-20)29-5-6-30(23(34)35)15(11-29)12-31/h1-4,7,10,15,31-32H,5-6,9,11-12H2,(H,27,33)(H,34,35)/t15-/m1/s1. The maximum absolute atomic E-state index is 12.7. The van der Waals surface area contributed by atoms with Crippen LogP contribution in [-0.4, -0.2) is 74.5 Å². The minimum absolute atomic E-state index is 0.0774. The van der Waals surface area contributed by atoms with Gasteiger partial charge in [-0.15, -0.1) is 0 Å². The van der Waals surface area contributed by atoms with Crippen molar-refractivity contribution >= 4 is 40.3 Å². The van der Waals surface area contributed by atoms with Gasteiger partial charge < -0.3 is 25.5 Å². The quantitative estimate of drug-likeness (QED) is 0.413. The van der Waals surface area contributed by atoms with Crippen LogP contribution in [0.5, 0.6) is 5.75 Å². The number of aromatic hydroxyl groups is 1. The van der Waals surface area contributed by atoms with Crippen LogP contribution in [0, 0.1) is 11.3 Å². The largest absolute Gasteiger partial charge is 0.505 e. The summed E-state index contributed by atoms with van der Waals surface area (Å²) in [6.45, 7) is 0.628. The van der Waals surface area contributed by atoms with Crippen molar-refractivity contribution < 1.29 is 24.9 Å². The number of pyridine rings is 2. The smallest absolute Gasteiger partial charge is 0.407 e. The number of nitrogens with one attached hydrogen (secondary N) is 1. The van der Waals surface area contributed by atoms with Gasteiger partial charge in [0, 0.05) is 36.6 Å². The SMILES string of the molecule is N#Cc1ccc(CNC(=O)c2ncc3nc(N4CCN(C(=O)O)[C@@H](CO)C4)ccc3c2O)c(Cl)c1. The van der Waals surface area contributed by atoms with E-state index in [9.17, 15) is 24.9 Å². The summed E-state index contributed by atoms with van der Waals surface area (Å²) in [4.78, 5) is 35.6. The van der Waals surface area contributed by atoms with Crippen molar-refractivity contribution in [3.8, 4) is 11.8 Å². The summed E-state index contributed by atoms with van der Waals surface area (Å²) in [6.07, 6.45) is 0.288. The van der Waals surface area contributed by atoms with Gasteiger partial charge in [-0.25, -0.2) is 14.8 Å². The van der Waals surface area contributed by atoms with Gasteiger partial charge in [0.25, 0.3) is 5.91 Å². The lowest BCUT2D eigenvalue weighted by Gasteiger charge is -2.39. The number of hydrogen-bond acceptors (Lipinski definition) is 8. The van der Waals surface area contributed by atoms with Crippen molar-refractivity contribution in [3.05, 3.63) is 58.4 Å². The number of amides is 2. The Morgan fingerprint density at radius 2 is 2.06 bits per heavy atom. The lowest BCUT2D eigenvalue weighted by molar-refractivity contribution is 0.0908. The first kappa shape index (κ1) is 24.0. The highest BCUT2D eigenvalue weighted by molar-refractivity contribution is 6.31. The number of halogens is 1. The Hall–Kier alpha value is -4.14. The highest BCUT2D eigenvalue weighted by Crippen LogP contribution is 2.29. The summed E-state index contributed by atoms with van der Waals surface area (Å²) in [5.41, 5.74) is 1.19. The van der Waals surface area contributed by atoms with Gasteiger partial charge in [-0.3, -0.25) is 9.69 Å². The van der Waals surface area contributed by atoms with Crippen molar-refractivity contribution in [1.82, 2.24) is 20.2 Å². The molecule has 0 aliphatic carbocycles. The second-order valence-corrected chi connectivity index (χ2v) is 8.32. The van der Waals surface area contributed by atoms with Gasteiger partial charge in [-0.05, 0) is 29.8 Å². The molecule has 4 rings (SSSR count). The Bertz CT molecular complexity index is 1340. The number of benzene rings is 1. The van der Waals surface area contributed by atoms with Crippen LogP contribution in [0.4, 0.5) is 10.6 Å². The number of carboxylic acid groups (broad SMARTS) is 1. The maximum Gasteiger partial charge on any atom is 0.407 e. The molecule has 3 heterocycles. The van der Waals surface area contributed by atoms with Crippen LogP contribution in [0.15, 0.2) is 36.5 Å². The van der Waals surface area contributed by atoms with Crippen LogP contribution in [0.25, 0.3) is 10.9 Å². The second-order valence-electron chi connectivity index (χ2n) is 7.92. The summed E-state index contributed by atoms with van der Waals surface area (Å²) >= 11 is 6.14. The van der Waals surface area contributed by atoms with Crippen molar-refractivity contribution in [2.75, 3.05) is 31.1 Å². The molecule has 1 fully saturated rings. The number of fused-ring (bicyclic) bond motifs is 1. The van der Waals surface area contributed by atoms with E-state index in [0.717, 1.165) is 0 Å². The van der Waals surface area contributed by atoms with Gasteiger partial charge in [-0.1, -0.05) is 17.7 Å². The molecule has 3 aromatic rings. The minimum Gasteiger partial charge on any atom is -0.505 e. The predicted octanol–water partition coefficient (Wildman–Crippen LogP) is 1.95. The monoisotopic (exact) mass is 496 g/mol. The van der Waals surface area contributed by atoms with Gasteiger partial charge in [0.15, 0.2) is 11.4 Å². The van der Waals surface area contributed by atoms with Crippen molar-refractivity contribution in [3.63, 3.8) is 0 Å². The van der Waals surface area contributed by atoms with E-state index in [2.05, 4.69) is 15.3 Å². The fraction of sp³-hybridized carbons (Fsp3) is 0.261. The third kappa shape index (κ3) is 4.89. The Morgan fingerprint density at radius 3 is 2.74 bits per heavy atom. The van der Waals surface area contributed by atoms with Gasteiger partial charge in [0.1, 0.15) is 5.82 Å². The predicted molar refractivity (Wildman–Crippen MR) is 126 cm³/mol. The number of piperazine rings is 1. The third-order valence-electron chi connectivity index (χ3n) is 5.81. The van der Waals surface area contributed by atoms with Gasteiger partial charge >= 0.3 is 6.09 Å². The van der Waals surface area contributed by atoms with E-state index in [-0.39, 0.29) is 37.7 Å². The molecule has 0 spiro atoms. The average Bonchev–Trinajstić information content (AvgIpc) is 2.87. The zero-order chi connectivity index (χ0) is 25.1. The third-order valence-corrected chi connectivity index (χ3v) is 6.16. The van der Waals surface area contributed by atoms with E-state index in [1.807, 2.05) is 11.0 Å². The van der Waals surface area contributed by atoms with Crippen LogP contribution >= 0.6 is 11.6 Å². The lowest BCUT2D eigenvalue weighted by atomic mass is 10.1. The number of nitriles is 1. The molecular formula is C23H21ClN6O5. The van der Waals surface area contributed by atoms with Crippen LogP contribution in [0.2, 0.25) is 5.02 Å². The van der Waals surface area contributed by atoms with E-state index in [1.165, 1.54) is 17.2 Å². The minimum atomic E-state index is -1.09. The molecule has 0 unspecified atom stereocenters. The fourth-order valence-electron chi connectivity index (χ4n) is 3.91. The molecule has 0 bridgehead atoms. The molecule has 2 amide bonds. The van der Waals surface area contributed by atoms with Gasteiger partial charge in [-0.2, -0.15) is 5.26 Å². The molecule has 0 saturated carbocycles. The molecule has 0 radical (unpaired) electrons. The van der Waals surface area contributed by atoms with Crippen LogP contribution in [-0.2, 0) is 6.54 Å². The molecule has 11 nitrogen and oxygen atoms in total. The Kier molecular flexibility index (Phi) is 6.86. The molecule has 180 valence electrons. The first-order valence-electron chi connectivity index (χ1n) is 10.6. The molecule has 1 aliphatic heterocycles. The van der Waals surface area contributed by atoms with Gasteiger partial charge in [0.2, 0.25) is 0 Å². The first-order chi connectivity index (χ1) is 16.8. The number of carbonyl (C=O) groups excluding carboxylic acids is 1. The number of hydrogen-bond donors (Lipinski definition) is 4. The van der Waals surface area contributed by atoms with E-state index in [0.29, 0.717) is 39.4 Å². The van der Waals surface area contributed by atoms with Crippen LogP contribution in [0.1, 0.15) is 21.6 Å². The number of nitrogens with zero attached hydrogens (tertiary/aromatic N) is 5.